The van der Waals surface area contributed by atoms with Crippen LogP contribution in [0.1, 0.15) is 27.7 Å². The fraction of sp³-hybridized carbons (Fsp3) is 0.0385. The van der Waals surface area contributed by atoms with Crippen LogP contribution in [0.25, 0.3) is 16.8 Å². The van der Waals surface area contributed by atoms with Gasteiger partial charge in [-0.1, -0.05) is 72.8 Å². The zero-order valence-corrected chi connectivity index (χ0v) is 18.0. The zero-order valence-electron chi connectivity index (χ0n) is 18.0. The first-order valence-electron chi connectivity index (χ1n) is 10.5. The number of carbonyl (C=O) groups is 2. The molecule has 0 fully saturated rings. The normalized spacial score (nSPS) is 12.1. The molecule has 3 N–H and O–H groups in total. The maximum atomic E-state index is 13.1. The molecule has 1 heterocycles. The molecule has 0 saturated carbocycles. The van der Waals surface area contributed by atoms with E-state index in [1.165, 1.54) is 6.21 Å². The number of nitrogens with one attached hydrogen (secondary N) is 3. The number of aromatic amines is 1. The topological polar surface area (TPSA) is 116 Å². The predicted molar refractivity (Wildman–Crippen MR) is 131 cm³/mol. The minimum atomic E-state index is -1.20. The van der Waals surface area contributed by atoms with E-state index in [0.717, 1.165) is 5.56 Å². The number of hydrogen-bond acceptors (Lipinski definition) is 5. The molecule has 0 bridgehead atoms. The number of amides is 2. The number of H-pyrrole nitrogens is 1. The Morgan fingerprint density at radius 2 is 1.53 bits per heavy atom. The van der Waals surface area contributed by atoms with Gasteiger partial charge in [-0.2, -0.15) is 10.2 Å². The predicted octanol–water partition coefficient (Wildman–Crippen LogP) is 3.21. The van der Waals surface area contributed by atoms with Crippen molar-refractivity contribution in [2.24, 2.45) is 5.10 Å². The molecule has 3 aromatic carbocycles. The van der Waals surface area contributed by atoms with Crippen molar-refractivity contribution in [3.63, 3.8) is 0 Å². The van der Waals surface area contributed by atoms with Crippen LogP contribution in [0.5, 0.6) is 0 Å². The van der Waals surface area contributed by atoms with E-state index in [4.69, 9.17) is 0 Å². The highest BCUT2D eigenvalue weighted by atomic mass is 16.2. The van der Waals surface area contributed by atoms with Crippen LogP contribution in [0.2, 0.25) is 0 Å². The summed E-state index contributed by atoms with van der Waals surface area (Å²) in [6.45, 7) is 0. The lowest BCUT2D eigenvalue weighted by molar-refractivity contribution is -0.123. The van der Waals surface area contributed by atoms with Crippen LogP contribution in [0, 0.1) is 0 Å². The number of carbonyl (C=O) groups excluding carboxylic acids is 2. The lowest BCUT2D eigenvalue weighted by atomic mass is 10.0. The van der Waals surface area contributed by atoms with E-state index in [1.54, 1.807) is 60.7 Å². The van der Waals surface area contributed by atoms with Gasteiger partial charge in [-0.05, 0) is 29.8 Å². The highest BCUT2D eigenvalue weighted by molar-refractivity contribution is 5.99. The van der Waals surface area contributed by atoms with Crippen molar-refractivity contribution in [1.82, 2.24) is 20.9 Å². The van der Waals surface area contributed by atoms with Crippen LogP contribution in [-0.4, -0.2) is 28.2 Å². The van der Waals surface area contributed by atoms with E-state index in [9.17, 15) is 14.4 Å². The van der Waals surface area contributed by atoms with Gasteiger partial charge in [-0.3, -0.25) is 14.4 Å². The number of rotatable bonds is 7. The summed E-state index contributed by atoms with van der Waals surface area (Å²) in [6.07, 6.45) is 4.95. The smallest absolute Gasteiger partial charge is 0.272 e. The number of hydrazone groups is 1. The Hall–Kier alpha value is -4.85. The zero-order chi connectivity index (χ0) is 23.8. The standard InChI is InChI=1S/C26H21N5O3/c32-24(19-13-5-2-6-14-19)28-23(22-20-15-7-8-16-21(20)25(33)31-29-22)26(34)30-27-17-9-12-18-10-3-1-4-11-18/h1-17,23H,(H,28,32)(H,30,34)(H,31,33)/b12-9-,27-17-/t23-/m0/s1. The minimum absolute atomic E-state index is 0.201. The molecule has 0 radical (unpaired) electrons. The monoisotopic (exact) mass is 451 g/mol. The number of hydrogen-bond donors (Lipinski definition) is 3. The number of benzene rings is 3. The second-order valence-corrected chi connectivity index (χ2v) is 7.28. The van der Waals surface area contributed by atoms with E-state index < -0.39 is 23.4 Å². The van der Waals surface area contributed by atoms with Crippen molar-refractivity contribution in [1.29, 1.82) is 0 Å². The molecule has 0 aliphatic rings. The van der Waals surface area contributed by atoms with E-state index in [1.807, 2.05) is 36.4 Å². The van der Waals surface area contributed by atoms with Crippen LogP contribution in [0.3, 0.4) is 0 Å². The molecule has 1 atom stereocenters. The first kappa shape index (κ1) is 22.3. The van der Waals surface area contributed by atoms with Crippen molar-refractivity contribution >= 4 is 34.9 Å². The molecule has 34 heavy (non-hydrogen) atoms. The highest BCUT2D eigenvalue weighted by Gasteiger charge is 2.27. The van der Waals surface area contributed by atoms with Crippen LogP contribution < -0.4 is 16.3 Å². The summed E-state index contributed by atoms with van der Waals surface area (Å²) in [4.78, 5) is 38.1. The fourth-order valence-electron chi connectivity index (χ4n) is 3.34. The minimum Gasteiger partial charge on any atom is -0.335 e. The average molecular weight is 451 g/mol. The third-order valence-corrected chi connectivity index (χ3v) is 5.00. The lowest BCUT2D eigenvalue weighted by Crippen LogP contribution is -2.40. The van der Waals surface area contributed by atoms with Crippen molar-refractivity contribution < 1.29 is 9.59 Å². The largest absolute Gasteiger partial charge is 0.335 e. The molecule has 1 aromatic heterocycles. The van der Waals surface area contributed by atoms with Crippen molar-refractivity contribution in [3.8, 4) is 0 Å². The third kappa shape index (κ3) is 5.31. The first-order valence-corrected chi connectivity index (χ1v) is 10.5. The van der Waals surface area contributed by atoms with E-state index in [-0.39, 0.29) is 5.69 Å². The Kier molecular flexibility index (Phi) is 7.00. The van der Waals surface area contributed by atoms with E-state index >= 15 is 0 Å². The van der Waals surface area contributed by atoms with Gasteiger partial charge in [0.05, 0.1) is 5.39 Å². The average Bonchev–Trinajstić information content (AvgIpc) is 2.88. The fourth-order valence-corrected chi connectivity index (χ4v) is 3.34. The lowest BCUT2D eigenvalue weighted by Gasteiger charge is -2.18. The van der Waals surface area contributed by atoms with Gasteiger partial charge in [0.1, 0.15) is 5.69 Å². The van der Waals surface area contributed by atoms with Crippen molar-refractivity contribution in [2.45, 2.75) is 6.04 Å². The Balaban J connectivity index is 1.60. The third-order valence-electron chi connectivity index (χ3n) is 5.00. The Bertz CT molecular complexity index is 1410. The van der Waals surface area contributed by atoms with Gasteiger partial charge in [-0.25, -0.2) is 10.5 Å². The molecule has 0 aliphatic carbocycles. The number of allylic oxidation sites excluding steroid dienone is 1. The molecule has 0 unspecified atom stereocenters. The molecule has 8 heteroatoms. The van der Waals surface area contributed by atoms with Crippen LogP contribution in [0.4, 0.5) is 0 Å². The second-order valence-electron chi connectivity index (χ2n) is 7.28. The van der Waals surface area contributed by atoms with Gasteiger partial charge in [0.2, 0.25) is 0 Å². The second kappa shape index (κ2) is 10.6. The van der Waals surface area contributed by atoms with Crippen LogP contribution >= 0.6 is 0 Å². The summed E-state index contributed by atoms with van der Waals surface area (Å²) < 4.78 is 0. The first-order chi connectivity index (χ1) is 16.6. The van der Waals surface area contributed by atoms with Gasteiger partial charge < -0.3 is 5.32 Å². The summed E-state index contributed by atoms with van der Waals surface area (Å²) in [5.74, 6) is -1.08. The Morgan fingerprint density at radius 3 is 2.26 bits per heavy atom. The summed E-state index contributed by atoms with van der Waals surface area (Å²) in [7, 11) is 0. The highest BCUT2D eigenvalue weighted by Crippen LogP contribution is 2.20. The van der Waals surface area contributed by atoms with Gasteiger partial charge >= 0.3 is 0 Å². The molecule has 2 amide bonds. The van der Waals surface area contributed by atoms with E-state index in [2.05, 4.69) is 26.0 Å². The summed E-state index contributed by atoms with van der Waals surface area (Å²) >= 11 is 0. The van der Waals surface area contributed by atoms with Crippen molar-refractivity contribution in [2.75, 3.05) is 0 Å². The molecular formula is C26H21N5O3. The summed E-state index contributed by atoms with van der Waals surface area (Å²) in [5, 5.41) is 13.9. The molecule has 168 valence electrons. The molecular weight excluding hydrogens is 430 g/mol. The van der Waals surface area contributed by atoms with Crippen LogP contribution in [-0.2, 0) is 4.79 Å². The quantitative estimate of drug-likeness (QED) is 0.295. The SMILES string of the molecule is O=C(N[C@H](C(=O)N/N=C\C=C/c1ccccc1)c1n[nH]c(=O)c2ccccc12)c1ccccc1. The van der Waals surface area contributed by atoms with E-state index in [0.29, 0.717) is 16.3 Å². The Labute approximate surface area is 195 Å². The number of nitrogens with zero attached hydrogens (tertiary/aromatic N) is 2. The van der Waals surface area contributed by atoms with Gasteiger partial charge in [0.15, 0.2) is 6.04 Å². The molecule has 8 nitrogen and oxygen atoms in total. The maximum Gasteiger partial charge on any atom is 0.272 e. The van der Waals surface area contributed by atoms with Crippen LogP contribution in [0.15, 0.2) is 101 Å². The Morgan fingerprint density at radius 1 is 0.882 bits per heavy atom. The molecule has 0 aliphatic heterocycles. The number of aromatic nitrogens is 2. The molecule has 0 saturated heterocycles. The number of fused-ring (bicyclic) bond motifs is 1. The van der Waals surface area contributed by atoms with Gasteiger partial charge in [0, 0.05) is 17.2 Å². The summed E-state index contributed by atoms with van der Waals surface area (Å²) in [5.41, 5.74) is 3.61. The summed E-state index contributed by atoms with van der Waals surface area (Å²) in [6, 6.07) is 23.7. The van der Waals surface area contributed by atoms with Gasteiger partial charge in [-0.15, -0.1) is 0 Å². The molecule has 4 rings (SSSR count). The maximum absolute atomic E-state index is 13.1. The molecule has 4 aromatic rings. The van der Waals surface area contributed by atoms with Crippen molar-refractivity contribution in [3.05, 3.63) is 118 Å². The van der Waals surface area contributed by atoms with Gasteiger partial charge in [0.25, 0.3) is 17.4 Å². The molecule has 0 spiro atoms.